The van der Waals surface area contributed by atoms with E-state index in [9.17, 15) is 9.59 Å². The number of carbonyl (C=O) groups excluding carboxylic acids is 1. The van der Waals surface area contributed by atoms with Crippen molar-refractivity contribution >= 4 is 38.2 Å². The van der Waals surface area contributed by atoms with Crippen LogP contribution in [0.15, 0.2) is 29.1 Å². The molecule has 1 fully saturated rings. The molecule has 0 bridgehead atoms. The molecule has 0 saturated carbocycles. The summed E-state index contributed by atoms with van der Waals surface area (Å²) in [6.45, 7) is 3.76. The summed E-state index contributed by atoms with van der Waals surface area (Å²) in [6.07, 6.45) is 3.86. The zero-order chi connectivity index (χ0) is 20.4. The predicted octanol–water partition coefficient (Wildman–Crippen LogP) is 3.84. The zero-order valence-electron chi connectivity index (χ0n) is 16.8. The highest BCUT2D eigenvalue weighted by Crippen LogP contribution is 2.39. The van der Waals surface area contributed by atoms with Crippen LogP contribution in [0.2, 0.25) is 0 Å². The van der Waals surface area contributed by atoms with E-state index in [-0.39, 0.29) is 17.6 Å². The second-order valence-corrected chi connectivity index (χ2v) is 8.42. The number of hydrogen-bond acceptors (Lipinski definition) is 5. The van der Waals surface area contributed by atoms with Crippen molar-refractivity contribution in [3.05, 3.63) is 39.5 Å². The fraction of sp³-hybridized carbons (Fsp3) is 0.455. The van der Waals surface area contributed by atoms with Gasteiger partial charge in [0.25, 0.3) is 11.5 Å². The molecule has 154 valence electrons. The van der Waals surface area contributed by atoms with Crippen LogP contribution in [0, 0.1) is 0 Å². The van der Waals surface area contributed by atoms with Crippen molar-refractivity contribution in [2.24, 2.45) is 7.05 Å². The molecule has 6 nitrogen and oxygen atoms in total. The lowest BCUT2D eigenvalue weighted by atomic mass is 10.1. The SMILES string of the molecule is CCCCNC(=O)c1sc2c(c1OCC1CCCO1)c(=O)n(C)c1ccccc21. The molecule has 3 aromatic rings. The number of fused-ring (bicyclic) bond motifs is 3. The van der Waals surface area contributed by atoms with Crippen LogP contribution < -0.4 is 15.6 Å². The van der Waals surface area contributed by atoms with Gasteiger partial charge in [-0.1, -0.05) is 31.5 Å². The van der Waals surface area contributed by atoms with Crippen LogP contribution in [0.25, 0.3) is 21.0 Å². The Kier molecular flexibility index (Phi) is 5.87. The lowest BCUT2D eigenvalue weighted by Gasteiger charge is -2.13. The number of nitrogens with zero attached hydrogens (tertiary/aromatic N) is 1. The number of unbranched alkanes of at least 4 members (excludes halogenated alkanes) is 1. The molecule has 29 heavy (non-hydrogen) atoms. The van der Waals surface area contributed by atoms with Crippen LogP contribution in [0.4, 0.5) is 0 Å². The van der Waals surface area contributed by atoms with Crippen LogP contribution in [0.5, 0.6) is 5.75 Å². The molecule has 1 aromatic carbocycles. The van der Waals surface area contributed by atoms with Gasteiger partial charge in [-0.05, 0) is 25.3 Å². The molecular weight excluding hydrogens is 388 g/mol. The molecule has 2 aromatic heterocycles. The Balaban J connectivity index is 1.84. The number of nitrogens with one attached hydrogen (secondary N) is 1. The molecule has 1 aliphatic rings. The Morgan fingerprint density at radius 2 is 2.21 bits per heavy atom. The Labute approximate surface area is 173 Å². The zero-order valence-corrected chi connectivity index (χ0v) is 17.6. The van der Waals surface area contributed by atoms with E-state index < -0.39 is 0 Å². The van der Waals surface area contributed by atoms with E-state index in [1.165, 1.54) is 11.3 Å². The minimum Gasteiger partial charge on any atom is -0.488 e. The Morgan fingerprint density at radius 1 is 1.38 bits per heavy atom. The number of para-hydroxylation sites is 1. The number of amides is 1. The highest BCUT2D eigenvalue weighted by Gasteiger charge is 2.26. The summed E-state index contributed by atoms with van der Waals surface area (Å²) in [6, 6.07) is 7.76. The van der Waals surface area contributed by atoms with Gasteiger partial charge in [0, 0.05) is 25.6 Å². The summed E-state index contributed by atoms with van der Waals surface area (Å²) in [4.78, 5) is 26.6. The summed E-state index contributed by atoms with van der Waals surface area (Å²) in [5, 5.41) is 4.39. The first kappa shape index (κ1) is 19.9. The normalized spacial score (nSPS) is 16.6. The number of rotatable bonds is 7. The average molecular weight is 415 g/mol. The predicted molar refractivity (Wildman–Crippen MR) is 116 cm³/mol. The van der Waals surface area contributed by atoms with Crippen molar-refractivity contribution in [1.29, 1.82) is 0 Å². The van der Waals surface area contributed by atoms with Gasteiger partial charge < -0.3 is 19.4 Å². The molecular formula is C22H26N2O4S. The second kappa shape index (κ2) is 8.55. The fourth-order valence-electron chi connectivity index (χ4n) is 3.73. The smallest absolute Gasteiger partial charge is 0.265 e. The van der Waals surface area contributed by atoms with E-state index in [0.717, 1.165) is 47.9 Å². The molecule has 0 radical (unpaired) electrons. The third-order valence-electron chi connectivity index (χ3n) is 5.35. The molecule has 1 N–H and O–H groups in total. The maximum absolute atomic E-state index is 13.2. The molecule has 7 heteroatoms. The molecule has 1 atom stereocenters. The van der Waals surface area contributed by atoms with Gasteiger partial charge in [0.15, 0.2) is 5.75 Å². The van der Waals surface area contributed by atoms with E-state index in [1.807, 2.05) is 24.3 Å². The maximum Gasteiger partial charge on any atom is 0.265 e. The Morgan fingerprint density at radius 3 is 2.97 bits per heavy atom. The van der Waals surface area contributed by atoms with Crippen LogP contribution in [-0.2, 0) is 11.8 Å². The van der Waals surface area contributed by atoms with Crippen molar-refractivity contribution < 1.29 is 14.3 Å². The molecule has 1 aliphatic heterocycles. The van der Waals surface area contributed by atoms with Gasteiger partial charge in [-0.2, -0.15) is 0 Å². The van der Waals surface area contributed by atoms with E-state index in [4.69, 9.17) is 9.47 Å². The number of ether oxygens (including phenoxy) is 2. The van der Waals surface area contributed by atoms with Gasteiger partial charge in [0.1, 0.15) is 16.9 Å². The minimum absolute atomic E-state index is 0.00487. The quantitative estimate of drug-likeness (QED) is 0.597. The van der Waals surface area contributed by atoms with Crippen LogP contribution in [0.3, 0.4) is 0 Å². The third-order valence-corrected chi connectivity index (χ3v) is 6.56. The summed E-state index contributed by atoms with van der Waals surface area (Å²) in [7, 11) is 1.76. The first-order chi connectivity index (χ1) is 14.1. The summed E-state index contributed by atoms with van der Waals surface area (Å²) in [5.74, 6) is 0.203. The van der Waals surface area contributed by atoms with Gasteiger partial charge in [0.2, 0.25) is 0 Å². The van der Waals surface area contributed by atoms with Crippen LogP contribution >= 0.6 is 11.3 Å². The molecule has 4 rings (SSSR count). The number of hydrogen-bond donors (Lipinski definition) is 1. The molecule has 3 heterocycles. The Bertz CT molecular complexity index is 1100. The topological polar surface area (TPSA) is 69.6 Å². The molecule has 0 spiro atoms. The summed E-state index contributed by atoms with van der Waals surface area (Å²) in [5.41, 5.74) is 0.694. The minimum atomic E-state index is -0.187. The molecule has 1 unspecified atom stereocenters. The van der Waals surface area contributed by atoms with E-state index in [0.29, 0.717) is 29.2 Å². The van der Waals surface area contributed by atoms with Gasteiger partial charge in [-0.25, -0.2) is 0 Å². The molecule has 1 amide bonds. The van der Waals surface area contributed by atoms with Crippen molar-refractivity contribution in [3.8, 4) is 5.75 Å². The number of thiophene rings is 1. The Hall–Kier alpha value is -2.38. The van der Waals surface area contributed by atoms with Gasteiger partial charge in [-0.3, -0.25) is 9.59 Å². The van der Waals surface area contributed by atoms with Crippen LogP contribution in [-0.4, -0.2) is 36.3 Å². The number of aromatic nitrogens is 1. The van der Waals surface area contributed by atoms with Crippen molar-refractivity contribution in [1.82, 2.24) is 9.88 Å². The van der Waals surface area contributed by atoms with Crippen LogP contribution in [0.1, 0.15) is 42.3 Å². The number of carbonyl (C=O) groups is 1. The lowest BCUT2D eigenvalue weighted by Crippen LogP contribution is -2.25. The molecule has 0 aliphatic carbocycles. The van der Waals surface area contributed by atoms with Crippen molar-refractivity contribution in [2.45, 2.75) is 38.7 Å². The van der Waals surface area contributed by atoms with Gasteiger partial charge in [0.05, 0.1) is 16.3 Å². The molecule has 1 saturated heterocycles. The number of pyridine rings is 1. The average Bonchev–Trinajstić information content (AvgIpc) is 3.38. The number of aryl methyl sites for hydroxylation is 1. The summed E-state index contributed by atoms with van der Waals surface area (Å²) < 4.78 is 14.2. The second-order valence-electron chi connectivity index (χ2n) is 7.40. The van der Waals surface area contributed by atoms with E-state index in [1.54, 1.807) is 11.6 Å². The van der Waals surface area contributed by atoms with Crippen molar-refractivity contribution in [2.75, 3.05) is 19.8 Å². The lowest BCUT2D eigenvalue weighted by molar-refractivity contribution is 0.0678. The monoisotopic (exact) mass is 414 g/mol. The third kappa shape index (κ3) is 3.76. The van der Waals surface area contributed by atoms with Gasteiger partial charge in [-0.15, -0.1) is 11.3 Å². The van der Waals surface area contributed by atoms with E-state index in [2.05, 4.69) is 12.2 Å². The number of benzene rings is 1. The first-order valence-corrected chi connectivity index (χ1v) is 11.0. The van der Waals surface area contributed by atoms with Crippen molar-refractivity contribution in [3.63, 3.8) is 0 Å². The standard InChI is InChI=1S/C22H26N2O4S/c1-3-4-11-23-21(25)20-18(28-13-14-8-7-12-27-14)17-19(29-20)15-9-5-6-10-16(15)24(2)22(17)26/h5-6,9-10,14H,3-4,7-8,11-13H2,1-2H3,(H,23,25). The fourth-order valence-corrected chi connectivity index (χ4v) is 4.92. The highest BCUT2D eigenvalue weighted by molar-refractivity contribution is 7.22. The largest absolute Gasteiger partial charge is 0.488 e. The first-order valence-electron chi connectivity index (χ1n) is 10.2. The van der Waals surface area contributed by atoms with Gasteiger partial charge >= 0.3 is 0 Å². The highest BCUT2D eigenvalue weighted by atomic mass is 32.1. The summed E-state index contributed by atoms with van der Waals surface area (Å²) >= 11 is 1.33. The maximum atomic E-state index is 13.2. The van der Waals surface area contributed by atoms with E-state index >= 15 is 0 Å².